The third-order valence-corrected chi connectivity index (χ3v) is 14.1. The van der Waals surface area contributed by atoms with Crippen LogP contribution in [-0.4, -0.2) is 0 Å². The van der Waals surface area contributed by atoms with Gasteiger partial charge in [0.25, 0.3) is 0 Å². The van der Waals surface area contributed by atoms with Gasteiger partial charge in [0.05, 0.1) is 0 Å². The fourth-order valence-corrected chi connectivity index (χ4v) is 11.3. The summed E-state index contributed by atoms with van der Waals surface area (Å²) in [5.74, 6) is 0. The summed E-state index contributed by atoms with van der Waals surface area (Å²) in [6.45, 7) is 6.53. The SMILES string of the molecule is C=Cc1c(/C=C\C)c(-c2cccc3c2oc2ccc(-c4c5ccccc5c(-c5ccc6oc7ccccc7c6c5)c5ccccc45)cc23)c2ccccc2c1-c1ccc2oc3ccccc3c2c1. The molecule has 0 spiro atoms. The zero-order chi connectivity index (χ0) is 45.0. The highest BCUT2D eigenvalue weighted by atomic mass is 16.3. The molecule has 3 nitrogen and oxygen atoms in total. The van der Waals surface area contributed by atoms with Gasteiger partial charge < -0.3 is 13.3 Å². The number of hydrogen-bond acceptors (Lipinski definition) is 3. The van der Waals surface area contributed by atoms with Crippen molar-refractivity contribution in [1.29, 1.82) is 0 Å². The molecule has 0 fully saturated rings. The Kier molecular flexibility index (Phi) is 8.35. The van der Waals surface area contributed by atoms with Gasteiger partial charge in [-0.15, -0.1) is 0 Å². The van der Waals surface area contributed by atoms with Crippen molar-refractivity contribution >= 4 is 110 Å². The molecule has 3 heterocycles. The monoisotopic (exact) mass is 868 g/mol. The second-order valence-electron chi connectivity index (χ2n) is 17.8. The summed E-state index contributed by atoms with van der Waals surface area (Å²) >= 11 is 0. The van der Waals surface area contributed by atoms with E-state index in [2.05, 4.69) is 196 Å². The zero-order valence-corrected chi connectivity index (χ0v) is 37.1. The molecule has 0 saturated heterocycles. The molecule has 14 aromatic rings. The molecule has 3 aromatic heterocycles. The summed E-state index contributed by atoms with van der Waals surface area (Å²) in [6, 6.07) is 69.5. The minimum atomic E-state index is 0.847. The van der Waals surface area contributed by atoms with Gasteiger partial charge in [-0.25, -0.2) is 0 Å². The number of furan rings is 3. The predicted molar refractivity (Wildman–Crippen MR) is 287 cm³/mol. The summed E-state index contributed by atoms with van der Waals surface area (Å²) in [5, 5.41) is 13.7. The summed E-state index contributed by atoms with van der Waals surface area (Å²) in [6.07, 6.45) is 6.36. The average molecular weight is 869 g/mol. The summed E-state index contributed by atoms with van der Waals surface area (Å²) in [5.41, 5.74) is 16.6. The number of para-hydroxylation sites is 3. The molecule has 0 aliphatic rings. The highest BCUT2D eigenvalue weighted by molar-refractivity contribution is 6.24. The predicted octanol–water partition coefficient (Wildman–Crippen LogP) is 19.2. The molecule has 11 aromatic carbocycles. The molecular weight excluding hydrogens is 829 g/mol. The maximum atomic E-state index is 7.02. The Labute approximate surface area is 391 Å². The molecule has 0 bridgehead atoms. The molecule has 0 saturated carbocycles. The molecule has 0 radical (unpaired) electrons. The van der Waals surface area contributed by atoms with E-state index >= 15 is 0 Å². The third kappa shape index (κ3) is 5.54. The Bertz CT molecular complexity index is 4420. The molecule has 68 heavy (non-hydrogen) atoms. The molecule has 14 rings (SSSR count). The van der Waals surface area contributed by atoms with Crippen molar-refractivity contribution in [1.82, 2.24) is 0 Å². The van der Waals surface area contributed by atoms with Crippen LogP contribution in [0.1, 0.15) is 18.1 Å². The second-order valence-corrected chi connectivity index (χ2v) is 17.8. The van der Waals surface area contributed by atoms with Crippen LogP contribution in [-0.2, 0) is 0 Å². The Morgan fingerprint density at radius 1 is 0.324 bits per heavy atom. The lowest BCUT2D eigenvalue weighted by Gasteiger charge is -2.20. The lowest BCUT2D eigenvalue weighted by molar-refractivity contribution is 0.668. The highest BCUT2D eigenvalue weighted by Crippen LogP contribution is 2.49. The molecule has 0 aliphatic heterocycles. The molecule has 0 amide bonds. The van der Waals surface area contributed by atoms with Gasteiger partial charge in [-0.1, -0.05) is 170 Å². The van der Waals surface area contributed by atoms with Gasteiger partial charge in [0.1, 0.15) is 33.5 Å². The Balaban J connectivity index is 0.977. The van der Waals surface area contributed by atoms with Gasteiger partial charge in [0, 0.05) is 43.4 Å². The highest BCUT2D eigenvalue weighted by Gasteiger charge is 2.24. The minimum Gasteiger partial charge on any atom is -0.456 e. The van der Waals surface area contributed by atoms with Crippen molar-refractivity contribution in [2.45, 2.75) is 6.92 Å². The van der Waals surface area contributed by atoms with E-state index < -0.39 is 0 Å². The number of allylic oxidation sites excluding steroid dienone is 1. The molecule has 0 unspecified atom stereocenters. The van der Waals surface area contributed by atoms with Gasteiger partial charge in [0.2, 0.25) is 0 Å². The zero-order valence-electron chi connectivity index (χ0n) is 37.1. The Morgan fingerprint density at radius 3 is 1.19 bits per heavy atom. The first-order chi connectivity index (χ1) is 33.6. The fraction of sp³-hybridized carbons (Fsp3) is 0.0154. The number of benzene rings is 11. The quantitative estimate of drug-likeness (QED) is 0.156. The van der Waals surface area contributed by atoms with Gasteiger partial charge >= 0.3 is 0 Å². The van der Waals surface area contributed by atoms with E-state index in [1.807, 2.05) is 30.3 Å². The van der Waals surface area contributed by atoms with E-state index in [9.17, 15) is 0 Å². The van der Waals surface area contributed by atoms with Gasteiger partial charge in [-0.2, -0.15) is 0 Å². The maximum absolute atomic E-state index is 7.02. The van der Waals surface area contributed by atoms with Crippen LogP contribution in [0.4, 0.5) is 0 Å². The van der Waals surface area contributed by atoms with Gasteiger partial charge in [0.15, 0.2) is 0 Å². The van der Waals surface area contributed by atoms with Crippen LogP contribution in [0.2, 0.25) is 0 Å². The van der Waals surface area contributed by atoms with Crippen molar-refractivity contribution in [2.75, 3.05) is 0 Å². The van der Waals surface area contributed by atoms with E-state index in [1.54, 1.807) is 0 Å². The maximum Gasteiger partial charge on any atom is 0.143 e. The van der Waals surface area contributed by atoms with E-state index in [0.717, 1.165) is 121 Å². The summed E-state index contributed by atoms with van der Waals surface area (Å²) < 4.78 is 19.5. The second kappa shape index (κ2) is 14.8. The standard InChI is InChI=1S/C65H40O3/c1-3-16-44-41(4-2)61(38-29-32-58-53(35-38)42-17-11-13-27-56(42)66-58)49-23-9-10-24-50(49)64(44)52-26-15-25-51-55-37-40(31-34-60(55)68-65(51)52)63-47-21-7-5-19-45(47)62(46-20-6-8-22-48(46)63)39-30-33-59-54(36-39)43-18-12-14-28-57(43)67-59/h3-37H,2H2,1H3/b16-3-. The summed E-state index contributed by atoms with van der Waals surface area (Å²) in [7, 11) is 0. The van der Waals surface area contributed by atoms with Crippen LogP contribution in [0.15, 0.2) is 220 Å². The fourth-order valence-electron chi connectivity index (χ4n) is 11.3. The largest absolute Gasteiger partial charge is 0.456 e. The van der Waals surface area contributed by atoms with Crippen molar-refractivity contribution in [2.24, 2.45) is 0 Å². The molecular formula is C65H40O3. The molecule has 0 N–H and O–H groups in total. The van der Waals surface area contributed by atoms with E-state index in [4.69, 9.17) is 13.3 Å². The van der Waals surface area contributed by atoms with Crippen LogP contribution in [0.5, 0.6) is 0 Å². The Morgan fingerprint density at radius 2 is 0.706 bits per heavy atom. The van der Waals surface area contributed by atoms with Crippen molar-refractivity contribution < 1.29 is 13.3 Å². The van der Waals surface area contributed by atoms with E-state index in [1.165, 1.54) is 32.7 Å². The van der Waals surface area contributed by atoms with Crippen LogP contribution < -0.4 is 0 Å². The first-order valence-corrected chi connectivity index (χ1v) is 23.2. The topological polar surface area (TPSA) is 39.4 Å². The van der Waals surface area contributed by atoms with Crippen molar-refractivity contribution in [3.05, 3.63) is 218 Å². The van der Waals surface area contributed by atoms with Crippen LogP contribution in [0.3, 0.4) is 0 Å². The molecule has 3 heteroatoms. The normalized spacial score (nSPS) is 12.2. The molecule has 0 aliphatic carbocycles. The van der Waals surface area contributed by atoms with Crippen molar-refractivity contribution in [3.8, 4) is 44.5 Å². The first-order valence-electron chi connectivity index (χ1n) is 23.2. The number of rotatable bonds is 6. The smallest absolute Gasteiger partial charge is 0.143 e. The first kappa shape index (κ1) is 38.4. The van der Waals surface area contributed by atoms with Crippen molar-refractivity contribution in [3.63, 3.8) is 0 Å². The molecule has 0 atom stereocenters. The van der Waals surface area contributed by atoms with Crippen LogP contribution in [0, 0.1) is 0 Å². The van der Waals surface area contributed by atoms with E-state index in [0.29, 0.717) is 0 Å². The average Bonchev–Trinajstić information content (AvgIpc) is 4.08. The van der Waals surface area contributed by atoms with Gasteiger partial charge in [-0.05, 0) is 132 Å². The van der Waals surface area contributed by atoms with Crippen LogP contribution in [0.25, 0.3) is 155 Å². The minimum absolute atomic E-state index is 0.847. The third-order valence-electron chi connectivity index (χ3n) is 14.1. The summed E-state index contributed by atoms with van der Waals surface area (Å²) in [4.78, 5) is 0. The number of fused-ring (bicyclic) bond motifs is 12. The van der Waals surface area contributed by atoms with E-state index in [-0.39, 0.29) is 0 Å². The molecule has 318 valence electrons. The lowest BCUT2D eigenvalue weighted by Crippen LogP contribution is -1.96. The van der Waals surface area contributed by atoms with Gasteiger partial charge in [-0.3, -0.25) is 0 Å². The Hall–Kier alpha value is -8.92. The lowest BCUT2D eigenvalue weighted by atomic mass is 9.82. The number of hydrogen-bond donors (Lipinski definition) is 0. The van der Waals surface area contributed by atoms with Crippen LogP contribution >= 0.6 is 0 Å².